The number of benzene rings is 1. The second-order valence-corrected chi connectivity index (χ2v) is 7.62. The van der Waals surface area contributed by atoms with E-state index in [9.17, 15) is 12.8 Å². The van der Waals surface area contributed by atoms with E-state index >= 15 is 0 Å². The van der Waals surface area contributed by atoms with E-state index in [2.05, 4.69) is 5.10 Å². The van der Waals surface area contributed by atoms with Crippen molar-refractivity contribution in [1.82, 2.24) is 14.1 Å². The van der Waals surface area contributed by atoms with Crippen LogP contribution in [0.5, 0.6) is 0 Å². The van der Waals surface area contributed by atoms with E-state index in [1.54, 1.807) is 19.2 Å². The quantitative estimate of drug-likeness (QED) is 0.871. The number of aryl methyl sites for hydroxylation is 1. The Hall–Kier alpha value is -1.73. The number of rotatable bonds is 3. The first-order chi connectivity index (χ1) is 10.4. The first kappa shape index (κ1) is 15.2. The normalized spacial score (nSPS) is 23.0. The van der Waals surface area contributed by atoms with Crippen molar-refractivity contribution in [2.75, 3.05) is 6.54 Å². The molecule has 1 aliphatic heterocycles. The van der Waals surface area contributed by atoms with E-state index in [0.29, 0.717) is 12.1 Å². The number of nitrogens with zero attached hydrogens (tertiary/aromatic N) is 3. The third-order valence-corrected chi connectivity index (χ3v) is 5.97. The van der Waals surface area contributed by atoms with Crippen LogP contribution < -0.4 is 0 Å². The molecule has 0 spiro atoms. The maximum atomic E-state index is 13.5. The standard InChI is InChI=1S/C15H18FN3O2S/c1-11-6-7-19(15(11)12-4-3-5-13(16)8-12)22(20,21)14-9-17-18(2)10-14/h3-5,8-11,15H,6-7H2,1-2H3/t11-,15+/m0/s1. The van der Waals surface area contributed by atoms with Gasteiger partial charge in [-0.05, 0) is 30.0 Å². The highest BCUT2D eigenvalue weighted by molar-refractivity contribution is 7.89. The van der Waals surface area contributed by atoms with Gasteiger partial charge >= 0.3 is 0 Å². The minimum atomic E-state index is -3.63. The Labute approximate surface area is 129 Å². The highest BCUT2D eigenvalue weighted by Gasteiger charge is 2.41. The molecular formula is C15H18FN3O2S. The Bertz CT molecular complexity index is 788. The molecule has 22 heavy (non-hydrogen) atoms. The summed E-state index contributed by atoms with van der Waals surface area (Å²) in [4.78, 5) is 0.172. The number of aromatic nitrogens is 2. The summed E-state index contributed by atoms with van der Waals surface area (Å²) in [5.74, 6) is -0.219. The predicted octanol–water partition coefficient (Wildman–Crippen LogP) is 2.33. The largest absolute Gasteiger partial charge is 0.274 e. The minimum Gasteiger partial charge on any atom is -0.274 e. The van der Waals surface area contributed by atoms with Gasteiger partial charge in [0, 0.05) is 19.8 Å². The lowest BCUT2D eigenvalue weighted by Crippen LogP contribution is -2.31. The first-order valence-electron chi connectivity index (χ1n) is 7.15. The summed E-state index contributed by atoms with van der Waals surface area (Å²) >= 11 is 0. The van der Waals surface area contributed by atoms with Crippen molar-refractivity contribution >= 4 is 10.0 Å². The molecule has 0 bridgehead atoms. The molecule has 0 radical (unpaired) electrons. The average molecular weight is 323 g/mol. The van der Waals surface area contributed by atoms with E-state index < -0.39 is 10.0 Å². The second kappa shape index (κ2) is 5.48. The lowest BCUT2D eigenvalue weighted by atomic mass is 9.96. The van der Waals surface area contributed by atoms with Crippen molar-refractivity contribution in [2.45, 2.75) is 24.3 Å². The summed E-state index contributed by atoms with van der Waals surface area (Å²) in [6.07, 6.45) is 3.59. The van der Waals surface area contributed by atoms with Crippen LogP contribution in [0.3, 0.4) is 0 Å². The lowest BCUT2D eigenvalue weighted by molar-refractivity contribution is 0.356. The van der Waals surface area contributed by atoms with Crippen molar-refractivity contribution in [3.05, 3.63) is 48.0 Å². The highest BCUT2D eigenvalue weighted by Crippen LogP contribution is 2.40. The molecule has 0 N–H and O–H groups in total. The maximum Gasteiger partial charge on any atom is 0.246 e. The van der Waals surface area contributed by atoms with Gasteiger partial charge in [-0.1, -0.05) is 19.1 Å². The maximum absolute atomic E-state index is 13.5. The van der Waals surface area contributed by atoms with Gasteiger partial charge in [-0.3, -0.25) is 4.68 Å². The summed E-state index contributed by atoms with van der Waals surface area (Å²) in [6, 6.07) is 5.83. The summed E-state index contributed by atoms with van der Waals surface area (Å²) in [5, 5.41) is 3.94. The van der Waals surface area contributed by atoms with Gasteiger partial charge in [0.05, 0.1) is 12.2 Å². The van der Waals surface area contributed by atoms with E-state index in [-0.39, 0.29) is 22.7 Å². The number of hydrogen-bond donors (Lipinski definition) is 0. The molecular weight excluding hydrogens is 305 g/mol. The molecule has 3 rings (SSSR count). The molecule has 1 saturated heterocycles. The van der Waals surface area contributed by atoms with E-state index in [0.717, 1.165) is 6.42 Å². The molecule has 1 fully saturated rings. The van der Waals surface area contributed by atoms with Crippen molar-refractivity contribution in [3.63, 3.8) is 0 Å². The zero-order chi connectivity index (χ0) is 15.9. The zero-order valence-corrected chi connectivity index (χ0v) is 13.3. The Morgan fingerprint density at radius 2 is 2.14 bits per heavy atom. The minimum absolute atomic E-state index is 0.133. The summed E-state index contributed by atoms with van der Waals surface area (Å²) in [5.41, 5.74) is 0.692. The number of sulfonamides is 1. The van der Waals surface area contributed by atoms with Gasteiger partial charge in [0.15, 0.2) is 0 Å². The fourth-order valence-corrected chi connectivity index (χ4v) is 4.75. The molecule has 2 heterocycles. The van der Waals surface area contributed by atoms with Crippen LogP contribution in [0.4, 0.5) is 4.39 Å². The van der Waals surface area contributed by atoms with Crippen LogP contribution >= 0.6 is 0 Å². The van der Waals surface area contributed by atoms with Crippen LogP contribution in [0.1, 0.15) is 24.9 Å². The van der Waals surface area contributed by atoms with Gasteiger partial charge < -0.3 is 0 Å². The molecule has 1 aliphatic rings. The Morgan fingerprint density at radius 1 is 1.36 bits per heavy atom. The van der Waals surface area contributed by atoms with Crippen LogP contribution in [0, 0.1) is 11.7 Å². The highest BCUT2D eigenvalue weighted by atomic mass is 32.2. The number of hydrogen-bond acceptors (Lipinski definition) is 3. The van der Waals surface area contributed by atoms with E-state index in [4.69, 9.17) is 0 Å². The Kier molecular flexibility index (Phi) is 3.78. The predicted molar refractivity (Wildman–Crippen MR) is 80.0 cm³/mol. The first-order valence-corrected chi connectivity index (χ1v) is 8.59. The molecule has 118 valence electrons. The average Bonchev–Trinajstić information content (AvgIpc) is 3.05. The van der Waals surface area contributed by atoms with Crippen LogP contribution in [0.2, 0.25) is 0 Å². The molecule has 2 aromatic rings. The van der Waals surface area contributed by atoms with Crippen LogP contribution in [0.25, 0.3) is 0 Å². The fraction of sp³-hybridized carbons (Fsp3) is 0.400. The van der Waals surface area contributed by atoms with Crippen molar-refractivity contribution in [1.29, 1.82) is 0 Å². The Balaban J connectivity index is 2.02. The van der Waals surface area contributed by atoms with Gasteiger partial charge in [-0.25, -0.2) is 12.8 Å². The third kappa shape index (κ3) is 2.55. The fourth-order valence-electron chi connectivity index (χ4n) is 3.03. The molecule has 0 saturated carbocycles. The molecule has 0 unspecified atom stereocenters. The lowest BCUT2D eigenvalue weighted by Gasteiger charge is -2.26. The molecule has 2 atom stereocenters. The van der Waals surface area contributed by atoms with Crippen LogP contribution in [0.15, 0.2) is 41.6 Å². The van der Waals surface area contributed by atoms with E-state index in [1.807, 2.05) is 6.92 Å². The summed E-state index contributed by atoms with van der Waals surface area (Å²) < 4.78 is 42.1. The van der Waals surface area contributed by atoms with Crippen molar-refractivity contribution in [3.8, 4) is 0 Å². The van der Waals surface area contributed by atoms with Gasteiger partial charge in [0.1, 0.15) is 10.7 Å². The zero-order valence-electron chi connectivity index (χ0n) is 12.5. The van der Waals surface area contributed by atoms with Crippen molar-refractivity contribution < 1.29 is 12.8 Å². The van der Waals surface area contributed by atoms with Crippen molar-refractivity contribution in [2.24, 2.45) is 13.0 Å². The summed E-state index contributed by atoms with van der Waals surface area (Å²) in [6.45, 7) is 2.42. The second-order valence-electron chi connectivity index (χ2n) is 5.73. The van der Waals surface area contributed by atoms with Gasteiger partial charge in [0.2, 0.25) is 10.0 Å². The molecule has 1 aromatic carbocycles. The Morgan fingerprint density at radius 3 is 2.77 bits per heavy atom. The van der Waals surface area contributed by atoms with Crippen LogP contribution in [-0.4, -0.2) is 29.0 Å². The molecule has 1 aromatic heterocycles. The molecule has 0 aliphatic carbocycles. The smallest absolute Gasteiger partial charge is 0.246 e. The van der Waals surface area contributed by atoms with E-state index in [1.165, 1.54) is 33.5 Å². The van der Waals surface area contributed by atoms with Gasteiger partial charge in [-0.2, -0.15) is 9.40 Å². The topological polar surface area (TPSA) is 55.2 Å². The van der Waals surface area contributed by atoms with Crippen LogP contribution in [-0.2, 0) is 17.1 Å². The molecule has 0 amide bonds. The van der Waals surface area contributed by atoms with Gasteiger partial charge in [-0.15, -0.1) is 0 Å². The number of halogens is 1. The SMILES string of the molecule is C[C@H]1CCN(S(=O)(=O)c2cnn(C)c2)[C@H]1c1cccc(F)c1. The van der Waals surface area contributed by atoms with Gasteiger partial charge in [0.25, 0.3) is 0 Å². The third-order valence-electron chi connectivity index (χ3n) is 4.13. The monoisotopic (exact) mass is 323 g/mol. The summed E-state index contributed by atoms with van der Waals surface area (Å²) in [7, 11) is -1.96. The molecule has 5 nitrogen and oxygen atoms in total. The molecule has 7 heteroatoms.